The van der Waals surface area contributed by atoms with E-state index in [2.05, 4.69) is 0 Å². The van der Waals surface area contributed by atoms with Crippen molar-refractivity contribution in [1.29, 1.82) is 0 Å². The van der Waals surface area contributed by atoms with Gasteiger partial charge in [0.1, 0.15) is 0 Å². The quantitative estimate of drug-likeness (QED) is 0.733. The van der Waals surface area contributed by atoms with E-state index < -0.39 is 12.6 Å². The zero-order valence-electron chi connectivity index (χ0n) is 4.59. The SMILES string of the molecule is OC(Cl)(Cl)C(Cl)(Cl)C(Cl)(Cl)Cl. The molecule has 0 aliphatic heterocycles. The molecule has 0 aromatic rings. The summed E-state index contributed by atoms with van der Waals surface area (Å²) in [6, 6.07) is 0. The molecule has 0 atom stereocenters. The van der Waals surface area contributed by atoms with E-state index >= 15 is 0 Å². The topological polar surface area (TPSA) is 20.2 Å². The van der Waals surface area contributed by atoms with Crippen LogP contribution >= 0.6 is 81.2 Å². The molecule has 8 heteroatoms. The highest BCUT2D eigenvalue weighted by molar-refractivity contribution is 6.78. The molecule has 0 spiro atoms. The van der Waals surface area contributed by atoms with Gasteiger partial charge in [0, 0.05) is 0 Å². The zero-order chi connectivity index (χ0) is 9.50. The molecular weight excluding hydrogens is 300 g/mol. The minimum absolute atomic E-state index is 2.19. The summed E-state index contributed by atoms with van der Waals surface area (Å²) in [7, 11) is 0. The van der Waals surface area contributed by atoms with Crippen LogP contribution in [-0.4, -0.2) is 17.8 Å². The molecule has 0 aromatic carbocycles. The molecule has 0 aliphatic carbocycles. The van der Waals surface area contributed by atoms with Crippen LogP contribution in [0.4, 0.5) is 0 Å². The standard InChI is InChI=1S/C3HCl7O/c4-1(5,2(6,7)8)3(9,10)11/h11H. The molecule has 0 amide bonds. The first-order valence-electron chi connectivity index (χ1n) is 2.05. The smallest absolute Gasteiger partial charge is 0.253 e. The second-order valence-electron chi connectivity index (χ2n) is 1.61. The van der Waals surface area contributed by atoms with E-state index in [1.807, 2.05) is 0 Å². The third-order valence-corrected chi connectivity index (χ3v) is 4.23. The predicted octanol–water partition coefficient (Wildman–Crippen LogP) is 3.65. The fraction of sp³-hybridized carbons (Fsp3) is 1.00. The van der Waals surface area contributed by atoms with Gasteiger partial charge in [0.15, 0.2) is 0 Å². The average molecular weight is 301 g/mol. The highest BCUT2D eigenvalue weighted by Gasteiger charge is 2.59. The van der Waals surface area contributed by atoms with E-state index in [1.165, 1.54) is 0 Å². The van der Waals surface area contributed by atoms with Crippen LogP contribution in [0.5, 0.6) is 0 Å². The average Bonchev–Trinajstić information content (AvgIpc) is 1.58. The Morgan fingerprint density at radius 2 is 1.00 bits per heavy atom. The van der Waals surface area contributed by atoms with E-state index in [1.54, 1.807) is 0 Å². The molecule has 0 saturated heterocycles. The molecule has 1 N–H and O–H groups in total. The molecule has 0 bridgehead atoms. The van der Waals surface area contributed by atoms with Gasteiger partial charge in [-0.25, -0.2) is 0 Å². The van der Waals surface area contributed by atoms with Gasteiger partial charge in [0.25, 0.3) is 4.52 Å². The van der Waals surface area contributed by atoms with Gasteiger partial charge >= 0.3 is 0 Å². The molecule has 0 fully saturated rings. The molecule has 0 rings (SSSR count). The Hall–Kier alpha value is 1.99. The van der Waals surface area contributed by atoms with Crippen LogP contribution < -0.4 is 0 Å². The van der Waals surface area contributed by atoms with Gasteiger partial charge in [-0.3, -0.25) is 0 Å². The monoisotopic (exact) mass is 298 g/mol. The van der Waals surface area contributed by atoms with E-state index in [9.17, 15) is 0 Å². The van der Waals surface area contributed by atoms with Crippen LogP contribution in [0.15, 0.2) is 0 Å². The van der Waals surface area contributed by atoms with Crippen molar-refractivity contribution in [3.8, 4) is 0 Å². The van der Waals surface area contributed by atoms with Crippen molar-refractivity contribution < 1.29 is 5.11 Å². The van der Waals surface area contributed by atoms with Crippen molar-refractivity contribution in [2.75, 3.05) is 0 Å². The predicted molar refractivity (Wildman–Crippen MR) is 51.4 cm³/mol. The van der Waals surface area contributed by atoms with E-state index in [0.29, 0.717) is 0 Å². The molecule has 0 unspecified atom stereocenters. The molecule has 1 nitrogen and oxygen atoms in total. The number of halogens is 7. The molecule has 0 heterocycles. The highest BCUT2D eigenvalue weighted by atomic mass is 35.6. The van der Waals surface area contributed by atoms with Crippen molar-refractivity contribution >= 4 is 81.2 Å². The molecule has 0 aliphatic rings. The van der Waals surface area contributed by atoms with Crippen LogP contribution in [0, 0.1) is 0 Å². The Morgan fingerprint density at radius 3 is 1.00 bits per heavy atom. The second kappa shape index (κ2) is 3.62. The van der Waals surface area contributed by atoms with Gasteiger partial charge < -0.3 is 5.11 Å². The maximum atomic E-state index is 8.89. The summed E-state index contributed by atoms with van der Waals surface area (Å²) in [4.78, 5) is 0. The third kappa shape index (κ3) is 2.99. The van der Waals surface area contributed by atoms with Gasteiger partial charge in [-0.1, -0.05) is 81.2 Å². The Labute approximate surface area is 98.4 Å². The first-order valence-corrected chi connectivity index (χ1v) is 4.69. The lowest BCUT2D eigenvalue weighted by atomic mass is 10.5. The Bertz CT molecular complexity index is 125. The Morgan fingerprint density at radius 1 is 0.727 bits per heavy atom. The summed E-state index contributed by atoms with van der Waals surface area (Å²) in [6.07, 6.45) is 0. The fourth-order valence-corrected chi connectivity index (χ4v) is 1.15. The van der Waals surface area contributed by atoms with Gasteiger partial charge in [-0.05, 0) is 0 Å². The van der Waals surface area contributed by atoms with Crippen LogP contribution in [-0.2, 0) is 0 Å². The van der Waals surface area contributed by atoms with Crippen LogP contribution in [0.3, 0.4) is 0 Å². The minimum atomic E-state index is -2.54. The highest BCUT2D eigenvalue weighted by Crippen LogP contribution is 2.54. The molecule has 0 radical (unpaired) electrons. The maximum absolute atomic E-state index is 8.89. The van der Waals surface area contributed by atoms with Crippen molar-refractivity contribution in [3.05, 3.63) is 0 Å². The molecule has 0 aromatic heterocycles. The van der Waals surface area contributed by atoms with Crippen molar-refractivity contribution in [2.45, 2.75) is 12.6 Å². The molecule has 68 valence electrons. The van der Waals surface area contributed by atoms with Crippen LogP contribution in [0.25, 0.3) is 0 Å². The largest absolute Gasteiger partial charge is 0.360 e. The summed E-state index contributed by atoms with van der Waals surface area (Å²) in [5, 5.41) is 8.89. The van der Waals surface area contributed by atoms with Crippen molar-refractivity contribution in [1.82, 2.24) is 0 Å². The number of alkyl halides is 7. The van der Waals surface area contributed by atoms with Crippen molar-refractivity contribution in [2.24, 2.45) is 0 Å². The summed E-state index contributed by atoms with van der Waals surface area (Å²) in [6.45, 7) is 0. The first-order chi connectivity index (χ1) is 4.50. The van der Waals surface area contributed by atoms with Gasteiger partial charge in [0.2, 0.25) is 8.13 Å². The summed E-state index contributed by atoms with van der Waals surface area (Å²) >= 11 is 36.7. The van der Waals surface area contributed by atoms with Crippen LogP contribution in [0.2, 0.25) is 0 Å². The number of rotatable bonds is 1. The maximum Gasteiger partial charge on any atom is 0.253 e. The van der Waals surface area contributed by atoms with E-state index in [-0.39, 0.29) is 0 Å². The summed E-state index contributed by atoms with van der Waals surface area (Å²) in [5.74, 6) is 0. The lowest BCUT2D eigenvalue weighted by Gasteiger charge is -2.33. The molecule has 0 saturated carbocycles. The first kappa shape index (κ1) is 13.0. The zero-order valence-corrected chi connectivity index (χ0v) is 9.88. The minimum Gasteiger partial charge on any atom is -0.360 e. The normalized spacial score (nSPS) is 15.3. The number of hydrogen-bond acceptors (Lipinski definition) is 1. The van der Waals surface area contributed by atoms with Gasteiger partial charge in [-0.2, -0.15) is 0 Å². The van der Waals surface area contributed by atoms with Gasteiger partial charge in [0.05, 0.1) is 0 Å². The van der Waals surface area contributed by atoms with Crippen molar-refractivity contribution in [3.63, 3.8) is 0 Å². The van der Waals surface area contributed by atoms with E-state index in [4.69, 9.17) is 86.3 Å². The summed E-state index contributed by atoms with van der Waals surface area (Å²) in [5.41, 5.74) is 0. The van der Waals surface area contributed by atoms with E-state index in [0.717, 1.165) is 0 Å². The second-order valence-corrected chi connectivity index (χ2v) is 6.51. The Balaban J connectivity index is 4.75. The molecule has 11 heavy (non-hydrogen) atoms. The molecular formula is C3HCl7O. The Kier molecular flexibility index (Phi) is 4.28. The lowest BCUT2D eigenvalue weighted by molar-refractivity contribution is 0.195. The lowest BCUT2D eigenvalue weighted by Crippen LogP contribution is -2.46. The summed E-state index contributed by atoms with van der Waals surface area (Å²) < 4.78 is -7.02. The number of aliphatic hydroxyl groups is 1. The van der Waals surface area contributed by atoms with Gasteiger partial charge in [-0.15, -0.1) is 0 Å². The fourth-order valence-electron chi connectivity index (χ4n) is 0.171. The number of hydrogen-bond donors (Lipinski definition) is 1. The van der Waals surface area contributed by atoms with Crippen LogP contribution in [0.1, 0.15) is 0 Å². The third-order valence-electron chi connectivity index (χ3n) is 0.734.